The number of imide groups is 1. The number of ether oxygens (including phenoxy) is 2. The van der Waals surface area contributed by atoms with Crippen molar-refractivity contribution in [2.75, 3.05) is 18.1 Å². The van der Waals surface area contributed by atoms with Crippen molar-refractivity contribution in [3.8, 4) is 0 Å². The van der Waals surface area contributed by atoms with Gasteiger partial charge < -0.3 is 9.47 Å². The number of carbonyl (C=O) groups excluding carboxylic acids is 4. The van der Waals surface area contributed by atoms with Crippen molar-refractivity contribution in [3.05, 3.63) is 106 Å². The van der Waals surface area contributed by atoms with Crippen LogP contribution in [-0.2, 0) is 34.1 Å². The molecule has 0 bridgehead atoms. The van der Waals surface area contributed by atoms with Crippen molar-refractivity contribution in [1.82, 2.24) is 5.32 Å². The van der Waals surface area contributed by atoms with Gasteiger partial charge >= 0.3 is 11.9 Å². The third kappa shape index (κ3) is 3.99. The lowest BCUT2D eigenvalue weighted by molar-refractivity contribution is -0.384. The third-order valence-electron chi connectivity index (χ3n) is 7.94. The van der Waals surface area contributed by atoms with E-state index in [1.54, 1.807) is 68.4 Å². The summed E-state index contributed by atoms with van der Waals surface area (Å²) in [5.41, 5.74) is -2.64. The van der Waals surface area contributed by atoms with Crippen molar-refractivity contribution < 1.29 is 33.6 Å². The van der Waals surface area contributed by atoms with Gasteiger partial charge in [-0.05, 0) is 36.6 Å². The summed E-state index contributed by atoms with van der Waals surface area (Å²) in [6.07, 6.45) is 0. The standard InChI is InChI=1S/C31H29N3O8/c1-4-41-28(37)31(29(38)42-5-2)25(20-11-7-6-8-12-20)30(26(32-31)21-15-17-22(18-16-21)34(39)40)23-13-9-10-14-24(23)33(19(3)35)27(30)36/h6-18,25-26,32H,4-5H2,1-3H3/t25-,26?,30-/m0/s1. The molecule has 42 heavy (non-hydrogen) atoms. The van der Waals surface area contributed by atoms with Crippen molar-refractivity contribution in [3.63, 3.8) is 0 Å². The molecule has 1 saturated heterocycles. The number of hydrogen-bond acceptors (Lipinski definition) is 9. The van der Waals surface area contributed by atoms with Crippen molar-refractivity contribution >= 4 is 35.1 Å². The maximum absolute atomic E-state index is 14.9. The van der Waals surface area contributed by atoms with Crippen LogP contribution in [0.2, 0.25) is 0 Å². The smallest absolute Gasteiger partial charge is 0.338 e. The molecule has 1 N–H and O–H groups in total. The molecule has 2 aliphatic heterocycles. The van der Waals surface area contributed by atoms with E-state index in [-0.39, 0.29) is 18.9 Å². The molecule has 11 nitrogen and oxygen atoms in total. The number of nitrogens with zero attached hydrogens (tertiary/aromatic N) is 2. The molecule has 3 aromatic rings. The number of amides is 2. The highest BCUT2D eigenvalue weighted by atomic mass is 16.6. The predicted molar refractivity (Wildman–Crippen MR) is 150 cm³/mol. The van der Waals surface area contributed by atoms with E-state index in [2.05, 4.69) is 5.32 Å². The molecule has 2 amide bonds. The number of rotatable bonds is 7. The lowest BCUT2D eigenvalue weighted by Gasteiger charge is -2.38. The Kier molecular flexibility index (Phi) is 7.38. The topological polar surface area (TPSA) is 145 Å². The summed E-state index contributed by atoms with van der Waals surface area (Å²) in [6.45, 7) is 4.32. The molecule has 11 heteroatoms. The Bertz CT molecular complexity index is 1550. The van der Waals surface area contributed by atoms with E-state index >= 15 is 0 Å². The number of nitrogens with one attached hydrogen (secondary N) is 1. The van der Waals surface area contributed by atoms with E-state index in [9.17, 15) is 29.3 Å². The van der Waals surface area contributed by atoms with Gasteiger partial charge in [-0.15, -0.1) is 0 Å². The molecule has 1 fully saturated rings. The Morgan fingerprint density at radius 1 is 0.881 bits per heavy atom. The molecule has 1 unspecified atom stereocenters. The van der Waals surface area contributed by atoms with Gasteiger partial charge in [0.15, 0.2) is 0 Å². The first-order valence-electron chi connectivity index (χ1n) is 13.5. The minimum atomic E-state index is -2.24. The van der Waals surface area contributed by atoms with Gasteiger partial charge in [-0.3, -0.25) is 25.0 Å². The number of nitro groups is 1. The number of non-ortho nitro benzene ring substituents is 1. The molecule has 2 aliphatic rings. The number of carbonyl (C=O) groups is 4. The molecule has 1 spiro atoms. The quantitative estimate of drug-likeness (QED) is 0.194. The van der Waals surface area contributed by atoms with Gasteiger partial charge in [-0.25, -0.2) is 14.5 Å². The molecule has 0 aromatic heterocycles. The molecule has 0 aliphatic carbocycles. The number of hydrogen-bond donors (Lipinski definition) is 1. The van der Waals surface area contributed by atoms with E-state index in [0.29, 0.717) is 22.4 Å². The Labute approximate surface area is 241 Å². The van der Waals surface area contributed by atoms with Crippen LogP contribution in [0.15, 0.2) is 78.9 Å². The zero-order valence-electron chi connectivity index (χ0n) is 23.2. The van der Waals surface area contributed by atoms with Crippen molar-refractivity contribution in [2.45, 2.75) is 43.7 Å². The summed E-state index contributed by atoms with van der Waals surface area (Å²) in [6, 6.07) is 19.7. The van der Waals surface area contributed by atoms with E-state index in [1.807, 2.05) is 0 Å². The van der Waals surface area contributed by atoms with E-state index in [1.165, 1.54) is 31.2 Å². The fourth-order valence-electron chi connectivity index (χ4n) is 6.45. The molecule has 0 radical (unpaired) electrons. The highest BCUT2D eigenvalue weighted by Gasteiger charge is 2.76. The largest absolute Gasteiger partial charge is 0.464 e. The predicted octanol–water partition coefficient (Wildman–Crippen LogP) is 3.72. The van der Waals surface area contributed by atoms with Gasteiger partial charge in [0.25, 0.3) is 5.69 Å². The van der Waals surface area contributed by atoms with Crippen LogP contribution < -0.4 is 10.2 Å². The lowest BCUT2D eigenvalue weighted by atomic mass is 9.60. The molecule has 3 atom stereocenters. The molecule has 3 aromatic carbocycles. The van der Waals surface area contributed by atoms with Crippen LogP contribution in [0, 0.1) is 10.1 Å². The van der Waals surface area contributed by atoms with E-state index in [0.717, 1.165) is 4.90 Å². The summed E-state index contributed by atoms with van der Waals surface area (Å²) in [5, 5.41) is 14.6. The number of benzene rings is 3. The maximum atomic E-state index is 14.9. The Hall–Kier alpha value is -4.90. The van der Waals surface area contributed by atoms with Crippen LogP contribution >= 0.6 is 0 Å². The Balaban J connectivity index is 1.93. The minimum Gasteiger partial charge on any atom is -0.464 e. The van der Waals surface area contributed by atoms with Crippen LogP contribution in [0.4, 0.5) is 11.4 Å². The van der Waals surface area contributed by atoms with Crippen molar-refractivity contribution in [1.29, 1.82) is 0 Å². The first-order chi connectivity index (χ1) is 20.2. The van der Waals surface area contributed by atoms with E-state index < -0.39 is 51.6 Å². The minimum absolute atomic E-state index is 0.0670. The highest BCUT2D eigenvalue weighted by molar-refractivity contribution is 6.24. The van der Waals surface area contributed by atoms with Gasteiger partial charge in [0.05, 0.1) is 29.9 Å². The highest BCUT2D eigenvalue weighted by Crippen LogP contribution is 2.64. The summed E-state index contributed by atoms with van der Waals surface area (Å²) in [5.74, 6) is -4.37. The normalized spacial score (nSPS) is 22.1. The van der Waals surface area contributed by atoms with Gasteiger partial charge in [0.2, 0.25) is 17.4 Å². The zero-order valence-corrected chi connectivity index (χ0v) is 23.2. The van der Waals surface area contributed by atoms with Gasteiger partial charge in [-0.2, -0.15) is 0 Å². The first kappa shape index (κ1) is 28.6. The third-order valence-corrected chi connectivity index (χ3v) is 7.94. The van der Waals surface area contributed by atoms with E-state index in [4.69, 9.17) is 9.47 Å². The van der Waals surface area contributed by atoms with Crippen molar-refractivity contribution in [2.24, 2.45) is 0 Å². The summed E-state index contributed by atoms with van der Waals surface area (Å²) < 4.78 is 11.0. The number of fused-ring (bicyclic) bond motifs is 2. The average Bonchev–Trinajstić information content (AvgIpc) is 3.45. The SMILES string of the molecule is CCOC(=O)C1(C(=O)OCC)NC(c2ccc([N+](=O)[O-])cc2)[C@@]2(C(=O)N(C(C)=O)c3ccccc32)[C@@H]1c1ccccc1. The second-order valence-corrected chi connectivity index (χ2v) is 10.1. The molecule has 0 saturated carbocycles. The zero-order chi connectivity index (χ0) is 30.2. The lowest BCUT2D eigenvalue weighted by Crippen LogP contribution is -2.60. The molecule has 5 rings (SSSR count). The fraction of sp³-hybridized carbons (Fsp3) is 0.290. The summed E-state index contributed by atoms with van der Waals surface area (Å²) in [4.78, 5) is 68.0. The molecule has 2 heterocycles. The number of nitro benzene ring substituents is 1. The van der Waals surface area contributed by atoms with Gasteiger partial charge in [0, 0.05) is 25.0 Å². The van der Waals surface area contributed by atoms with Gasteiger partial charge in [-0.1, -0.05) is 60.7 Å². The van der Waals surface area contributed by atoms with Crippen LogP contribution in [0.5, 0.6) is 0 Å². The monoisotopic (exact) mass is 571 g/mol. The van der Waals surface area contributed by atoms with Crippen LogP contribution in [0.3, 0.4) is 0 Å². The Morgan fingerprint density at radius 2 is 1.45 bits per heavy atom. The molecular weight excluding hydrogens is 542 g/mol. The fourth-order valence-corrected chi connectivity index (χ4v) is 6.45. The molecular formula is C31H29N3O8. The first-order valence-corrected chi connectivity index (χ1v) is 13.5. The van der Waals surface area contributed by atoms with Crippen LogP contribution in [-0.4, -0.2) is 47.4 Å². The molecule has 216 valence electrons. The second kappa shape index (κ2) is 10.8. The van der Waals surface area contributed by atoms with Crippen LogP contribution in [0.25, 0.3) is 0 Å². The van der Waals surface area contributed by atoms with Gasteiger partial charge in [0.1, 0.15) is 5.41 Å². The second-order valence-electron chi connectivity index (χ2n) is 10.1. The summed E-state index contributed by atoms with van der Waals surface area (Å²) >= 11 is 0. The number of esters is 2. The number of anilines is 1. The number of para-hydroxylation sites is 1. The maximum Gasteiger partial charge on any atom is 0.338 e. The summed E-state index contributed by atoms with van der Waals surface area (Å²) in [7, 11) is 0. The van der Waals surface area contributed by atoms with Crippen LogP contribution in [0.1, 0.15) is 49.4 Å². The average molecular weight is 572 g/mol. The Morgan fingerprint density at radius 3 is 2.00 bits per heavy atom.